The van der Waals surface area contributed by atoms with Crippen molar-refractivity contribution in [2.24, 2.45) is 0 Å². The molecule has 0 aliphatic rings. The molecule has 0 aliphatic heterocycles. The van der Waals surface area contributed by atoms with Crippen molar-refractivity contribution in [2.75, 3.05) is 18.5 Å². The van der Waals surface area contributed by atoms with Crippen LogP contribution in [-0.4, -0.2) is 40.7 Å². The van der Waals surface area contributed by atoms with E-state index < -0.39 is 18.5 Å². The van der Waals surface area contributed by atoms with Crippen LogP contribution in [0.5, 0.6) is 0 Å². The predicted octanol–water partition coefficient (Wildman–Crippen LogP) is 1.68. The number of hydrogen-bond donors (Lipinski definition) is 2. The summed E-state index contributed by atoms with van der Waals surface area (Å²) in [7, 11) is 0. The van der Waals surface area contributed by atoms with Gasteiger partial charge in [-0.1, -0.05) is 17.7 Å². The van der Waals surface area contributed by atoms with Crippen LogP contribution in [0.15, 0.2) is 36.5 Å². The zero-order chi connectivity index (χ0) is 19.1. The van der Waals surface area contributed by atoms with Crippen molar-refractivity contribution < 1.29 is 19.1 Å². The highest BCUT2D eigenvalue weighted by Gasteiger charge is 2.13. The van der Waals surface area contributed by atoms with Crippen LogP contribution >= 0.6 is 0 Å². The van der Waals surface area contributed by atoms with Gasteiger partial charge < -0.3 is 15.4 Å². The Bertz CT molecular complexity index is 781. The van der Waals surface area contributed by atoms with Gasteiger partial charge in [-0.3, -0.25) is 14.4 Å². The van der Waals surface area contributed by atoms with E-state index in [0.29, 0.717) is 11.4 Å². The molecular formula is C18H22N4O4. The van der Waals surface area contributed by atoms with Crippen LogP contribution in [0, 0.1) is 6.92 Å². The summed E-state index contributed by atoms with van der Waals surface area (Å²) in [5, 5.41) is 9.17. The van der Waals surface area contributed by atoms with Gasteiger partial charge >= 0.3 is 5.97 Å². The van der Waals surface area contributed by atoms with E-state index in [1.54, 1.807) is 41.2 Å². The van der Waals surface area contributed by atoms with Crippen LogP contribution in [0.4, 0.5) is 5.82 Å². The molecule has 2 amide bonds. The molecule has 1 heterocycles. The first-order valence-electron chi connectivity index (χ1n) is 8.20. The number of esters is 1. The van der Waals surface area contributed by atoms with Crippen LogP contribution in [0.3, 0.4) is 0 Å². The number of anilines is 1. The lowest BCUT2D eigenvalue weighted by Gasteiger charge is -2.12. The van der Waals surface area contributed by atoms with E-state index in [2.05, 4.69) is 15.7 Å². The smallest absolute Gasteiger partial charge is 0.325 e. The molecule has 2 aromatic rings. The van der Waals surface area contributed by atoms with E-state index in [4.69, 9.17) is 4.74 Å². The Kier molecular flexibility index (Phi) is 6.48. The Morgan fingerprint density at radius 2 is 1.85 bits per heavy atom. The van der Waals surface area contributed by atoms with E-state index in [1.807, 2.05) is 20.8 Å². The highest BCUT2D eigenvalue weighted by atomic mass is 16.5. The van der Waals surface area contributed by atoms with E-state index in [0.717, 1.165) is 5.56 Å². The summed E-state index contributed by atoms with van der Waals surface area (Å²) in [6.45, 7) is 5.02. The number of nitrogens with one attached hydrogen (secondary N) is 2. The van der Waals surface area contributed by atoms with Crippen LogP contribution < -0.4 is 10.6 Å². The third kappa shape index (κ3) is 5.44. The molecular weight excluding hydrogens is 336 g/mol. The van der Waals surface area contributed by atoms with Gasteiger partial charge in [0, 0.05) is 17.7 Å². The number of amides is 2. The molecule has 8 nitrogen and oxygen atoms in total. The lowest BCUT2D eigenvalue weighted by Crippen LogP contribution is -2.32. The number of aromatic nitrogens is 2. The van der Waals surface area contributed by atoms with Gasteiger partial charge in [-0.2, -0.15) is 5.10 Å². The summed E-state index contributed by atoms with van der Waals surface area (Å²) < 4.78 is 6.50. The van der Waals surface area contributed by atoms with E-state index >= 15 is 0 Å². The van der Waals surface area contributed by atoms with E-state index in [1.165, 1.54) is 0 Å². The SMILES string of the molecule is Cc1ccc(C(=O)NCC(=O)OCC(=O)Nc2ccnn2C(C)C)cc1. The van der Waals surface area contributed by atoms with Gasteiger partial charge in [0.2, 0.25) is 0 Å². The third-order valence-electron chi connectivity index (χ3n) is 3.50. The van der Waals surface area contributed by atoms with Crippen molar-refractivity contribution in [3.05, 3.63) is 47.7 Å². The minimum Gasteiger partial charge on any atom is -0.454 e. The quantitative estimate of drug-likeness (QED) is 0.733. The first-order chi connectivity index (χ1) is 12.4. The van der Waals surface area contributed by atoms with Gasteiger partial charge in [0.15, 0.2) is 6.61 Å². The van der Waals surface area contributed by atoms with Gasteiger partial charge in [0.05, 0.1) is 6.20 Å². The number of rotatable bonds is 7. The zero-order valence-electron chi connectivity index (χ0n) is 15.0. The van der Waals surface area contributed by atoms with Crippen LogP contribution in [-0.2, 0) is 14.3 Å². The van der Waals surface area contributed by atoms with Crippen molar-refractivity contribution in [2.45, 2.75) is 26.8 Å². The van der Waals surface area contributed by atoms with Crippen molar-refractivity contribution in [1.29, 1.82) is 0 Å². The number of ether oxygens (including phenoxy) is 1. The Morgan fingerprint density at radius 3 is 2.50 bits per heavy atom. The van der Waals surface area contributed by atoms with Gasteiger partial charge in [0.1, 0.15) is 12.4 Å². The monoisotopic (exact) mass is 358 g/mol. The molecule has 0 aliphatic carbocycles. The van der Waals surface area contributed by atoms with Gasteiger partial charge in [0.25, 0.3) is 11.8 Å². The fraction of sp³-hybridized carbons (Fsp3) is 0.333. The molecule has 0 spiro atoms. The van der Waals surface area contributed by atoms with Crippen molar-refractivity contribution in [3.63, 3.8) is 0 Å². The van der Waals surface area contributed by atoms with E-state index in [9.17, 15) is 14.4 Å². The average Bonchev–Trinajstić information content (AvgIpc) is 3.06. The number of aryl methyl sites for hydroxylation is 1. The summed E-state index contributed by atoms with van der Waals surface area (Å²) in [5.41, 5.74) is 1.48. The fourth-order valence-electron chi connectivity index (χ4n) is 2.16. The highest BCUT2D eigenvalue weighted by molar-refractivity contribution is 5.96. The Balaban J connectivity index is 1.74. The molecule has 8 heteroatoms. The number of carbonyl (C=O) groups is 3. The molecule has 0 radical (unpaired) electrons. The molecule has 0 unspecified atom stereocenters. The minimum absolute atomic E-state index is 0.0832. The van der Waals surface area contributed by atoms with Crippen LogP contribution in [0.2, 0.25) is 0 Å². The summed E-state index contributed by atoms with van der Waals surface area (Å²) in [6.07, 6.45) is 1.57. The second kappa shape index (κ2) is 8.80. The molecule has 1 aromatic heterocycles. The normalized spacial score (nSPS) is 10.5. The summed E-state index contributed by atoms with van der Waals surface area (Å²) in [5.74, 6) is -1.04. The summed E-state index contributed by atoms with van der Waals surface area (Å²) in [4.78, 5) is 35.4. The van der Waals surface area contributed by atoms with Gasteiger partial charge in [-0.05, 0) is 32.9 Å². The number of carbonyl (C=O) groups excluding carboxylic acids is 3. The molecule has 0 saturated carbocycles. The Morgan fingerprint density at radius 1 is 1.15 bits per heavy atom. The summed E-state index contributed by atoms with van der Waals surface area (Å²) >= 11 is 0. The largest absolute Gasteiger partial charge is 0.454 e. The molecule has 2 N–H and O–H groups in total. The topological polar surface area (TPSA) is 102 Å². The van der Waals surface area contributed by atoms with Gasteiger partial charge in [-0.25, -0.2) is 4.68 Å². The lowest BCUT2D eigenvalue weighted by molar-refractivity contribution is -0.146. The number of nitrogens with zero attached hydrogens (tertiary/aromatic N) is 2. The first-order valence-corrected chi connectivity index (χ1v) is 8.20. The maximum Gasteiger partial charge on any atom is 0.325 e. The van der Waals surface area contributed by atoms with Crippen molar-refractivity contribution in [1.82, 2.24) is 15.1 Å². The maximum atomic E-state index is 11.9. The van der Waals surface area contributed by atoms with Gasteiger partial charge in [-0.15, -0.1) is 0 Å². The fourth-order valence-corrected chi connectivity index (χ4v) is 2.16. The van der Waals surface area contributed by atoms with E-state index in [-0.39, 0.29) is 18.5 Å². The minimum atomic E-state index is -0.696. The Hall–Kier alpha value is -3.16. The lowest BCUT2D eigenvalue weighted by atomic mass is 10.1. The zero-order valence-corrected chi connectivity index (χ0v) is 15.0. The molecule has 0 fully saturated rings. The molecule has 1 aromatic carbocycles. The third-order valence-corrected chi connectivity index (χ3v) is 3.50. The summed E-state index contributed by atoms with van der Waals surface area (Å²) in [6, 6.07) is 8.68. The standard InChI is InChI=1S/C18H22N4O4/c1-12(2)22-15(8-9-20-22)21-16(23)11-26-17(24)10-19-18(25)14-6-4-13(3)5-7-14/h4-9,12H,10-11H2,1-3H3,(H,19,25)(H,21,23). The molecule has 138 valence electrons. The second-order valence-electron chi connectivity index (χ2n) is 6.01. The molecule has 0 bridgehead atoms. The Labute approximate surface area is 151 Å². The number of benzene rings is 1. The predicted molar refractivity (Wildman–Crippen MR) is 95.7 cm³/mol. The highest BCUT2D eigenvalue weighted by Crippen LogP contribution is 2.12. The maximum absolute atomic E-state index is 11.9. The number of hydrogen-bond acceptors (Lipinski definition) is 5. The van der Waals surface area contributed by atoms with Crippen molar-refractivity contribution in [3.8, 4) is 0 Å². The molecule has 0 saturated heterocycles. The average molecular weight is 358 g/mol. The van der Waals surface area contributed by atoms with Crippen LogP contribution in [0.25, 0.3) is 0 Å². The molecule has 2 rings (SSSR count). The van der Waals surface area contributed by atoms with Crippen molar-refractivity contribution >= 4 is 23.6 Å². The first kappa shape index (κ1) is 19.2. The van der Waals surface area contributed by atoms with Crippen LogP contribution in [0.1, 0.15) is 35.8 Å². The molecule has 0 atom stereocenters. The molecule has 26 heavy (non-hydrogen) atoms. The second-order valence-corrected chi connectivity index (χ2v) is 6.01.